The monoisotopic (exact) mass is 386 g/mol. The first-order valence-electron chi connectivity index (χ1n) is 9.33. The van der Waals surface area contributed by atoms with Gasteiger partial charge in [-0.3, -0.25) is 9.59 Å². The molecule has 27 heavy (non-hydrogen) atoms. The SMILES string of the molecule is Cc1oc(-c2ccccc2Cl)cc1C(=O)N(C)[C@H]1C[C@H]2CC(=O)NC[C@H]2C1. The van der Waals surface area contributed by atoms with Gasteiger partial charge in [0.15, 0.2) is 0 Å². The van der Waals surface area contributed by atoms with E-state index in [0.29, 0.717) is 40.4 Å². The highest BCUT2D eigenvalue weighted by molar-refractivity contribution is 6.33. The first kappa shape index (κ1) is 18.1. The molecule has 142 valence electrons. The van der Waals surface area contributed by atoms with Crippen LogP contribution in [0, 0.1) is 18.8 Å². The third-order valence-electron chi connectivity index (χ3n) is 5.98. The lowest BCUT2D eigenvalue weighted by molar-refractivity contribution is -0.124. The molecule has 2 fully saturated rings. The van der Waals surface area contributed by atoms with Crippen molar-refractivity contribution in [2.75, 3.05) is 13.6 Å². The number of carbonyl (C=O) groups is 2. The molecule has 6 heteroatoms. The first-order valence-corrected chi connectivity index (χ1v) is 9.71. The van der Waals surface area contributed by atoms with Crippen molar-refractivity contribution in [3.63, 3.8) is 0 Å². The van der Waals surface area contributed by atoms with Crippen molar-refractivity contribution < 1.29 is 14.0 Å². The molecular weight excluding hydrogens is 364 g/mol. The Morgan fingerprint density at radius 1 is 1.26 bits per heavy atom. The van der Waals surface area contributed by atoms with Crippen LogP contribution in [-0.4, -0.2) is 36.3 Å². The molecule has 0 unspecified atom stereocenters. The number of furan rings is 1. The van der Waals surface area contributed by atoms with E-state index in [1.54, 1.807) is 19.1 Å². The summed E-state index contributed by atoms with van der Waals surface area (Å²) in [5.41, 5.74) is 1.34. The molecule has 2 aromatic rings. The summed E-state index contributed by atoms with van der Waals surface area (Å²) < 4.78 is 5.84. The van der Waals surface area contributed by atoms with Gasteiger partial charge in [0.25, 0.3) is 5.91 Å². The van der Waals surface area contributed by atoms with Gasteiger partial charge >= 0.3 is 0 Å². The van der Waals surface area contributed by atoms with Crippen LogP contribution in [0.15, 0.2) is 34.7 Å². The lowest BCUT2D eigenvalue weighted by Gasteiger charge is -2.24. The number of nitrogens with one attached hydrogen (secondary N) is 1. The summed E-state index contributed by atoms with van der Waals surface area (Å²) in [6.45, 7) is 2.53. The Balaban J connectivity index is 1.53. The number of benzene rings is 1. The Labute approximate surface area is 163 Å². The second-order valence-electron chi connectivity index (χ2n) is 7.63. The molecule has 0 radical (unpaired) electrons. The van der Waals surface area contributed by atoms with E-state index in [0.717, 1.165) is 24.9 Å². The summed E-state index contributed by atoms with van der Waals surface area (Å²) in [4.78, 5) is 26.6. The van der Waals surface area contributed by atoms with Crippen molar-refractivity contribution in [2.24, 2.45) is 11.8 Å². The fourth-order valence-electron chi connectivity index (χ4n) is 4.40. The lowest BCUT2D eigenvalue weighted by atomic mass is 9.89. The van der Waals surface area contributed by atoms with Gasteiger partial charge in [-0.15, -0.1) is 0 Å². The van der Waals surface area contributed by atoms with Crippen LogP contribution in [0.25, 0.3) is 11.3 Å². The van der Waals surface area contributed by atoms with E-state index in [-0.39, 0.29) is 17.9 Å². The standard InChI is InChI=1S/C21H23ClN2O3/c1-12-17(10-19(27-12)16-5-3-4-6-18(16)22)21(26)24(2)15-7-13-9-20(25)23-11-14(13)8-15/h3-6,10,13-15H,7-9,11H2,1-2H3,(H,23,25)/t13-,14+,15-/m0/s1. The van der Waals surface area contributed by atoms with Crippen LogP contribution in [-0.2, 0) is 4.79 Å². The molecule has 4 rings (SSSR count). The van der Waals surface area contributed by atoms with Gasteiger partial charge in [0.2, 0.25) is 5.91 Å². The van der Waals surface area contributed by atoms with Crippen molar-refractivity contribution in [3.05, 3.63) is 46.7 Å². The minimum Gasteiger partial charge on any atom is -0.460 e. The zero-order valence-electron chi connectivity index (χ0n) is 15.5. The smallest absolute Gasteiger partial charge is 0.257 e. The molecule has 1 aliphatic carbocycles. The minimum atomic E-state index is -0.0440. The van der Waals surface area contributed by atoms with Crippen LogP contribution in [0.3, 0.4) is 0 Å². The maximum Gasteiger partial charge on any atom is 0.257 e. The highest BCUT2D eigenvalue weighted by Gasteiger charge is 2.41. The lowest BCUT2D eigenvalue weighted by Crippen LogP contribution is -2.38. The summed E-state index contributed by atoms with van der Waals surface area (Å²) >= 11 is 6.26. The highest BCUT2D eigenvalue weighted by Crippen LogP contribution is 2.39. The van der Waals surface area contributed by atoms with Gasteiger partial charge in [-0.25, -0.2) is 0 Å². The van der Waals surface area contributed by atoms with Crippen molar-refractivity contribution in [2.45, 2.75) is 32.2 Å². The van der Waals surface area contributed by atoms with E-state index in [1.165, 1.54) is 0 Å². The average Bonchev–Trinajstić information content (AvgIpc) is 3.24. The third-order valence-corrected chi connectivity index (χ3v) is 6.31. The van der Waals surface area contributed by atoms with Crippen LogP contribution in [0.2, 0.25) is 5.02 Å². The number of nitrogens with zero attached hydrogens (tertiary/aromatic N) is 1. The second kappa shape index (κ2) is 7.04. The van der Waals surface area contributed by atoms with Crippen molar-refractivity contribution >= 4 is 23.4 Å². The maximum atomic E-state index is 13.1. The van der Waals surface area contributed by atoms with Crippen LogP contribution >= 0.6 is 11.6 Å². The summed E-state index contributed by atoms with van der Waals surface area (Å²) in [6.07, 6.45) is 2.39. The van der Waals surface area contributed by atoms with Crippen LogP contribution in [0.5, 0.6) is 0 Å². The number of rotatable bonds is 3. The van der Waals surface area contributed by atoms with Gasteiger partial charge in [0.05, 0.1) is 10.6 Å². The molecule has 2 amide bonds. The zero-order chi connectivity index (χ0) is 19.1. The molecule has 5 nitrogen and oxygen atoms in total. The minimum absolute atomic E-state index is 0.0440. The van der Waals surface area contributed by atoms with Crippen molar-refractivity contribution in [3.8, 4) is 11.3 Å². The molecule has 1 aromatic carbocycles. The van der Waals surface area contributed by atoms with Gasteiger partial charge < -0.3 is 14.6 Å². The average molecular weight is 387 g/mol. The Morgan fingerprint density at radius 3 is 2.78 bits per heavy atom. The summed E-state index contributed by atoms with van der Waals surface area (Å²) in [7, 11) is 1.85. The first-order chi connectivity index (χ1) is 12.9. The Kier molecular flexibility index (Phi) is 4.72. The van der Waals surface area contributed by atoms with Gasteiger partial charge in [-0.1, -0.05) is 23.7 Å². The predicted molar refractivity (Wildman–Crippen MR) is 104 cm³/mol. The van der Waals surface area contributed by atoms with E-state index in [1.807, 2.05) is 30.1 Å². The van der Waals surface area contributed by atoms with Gasteiger partial charge in [0.1, 0.15) is 11.5 Å². The molecule has 0 spiro atoms. The molecule has 3 atom stereocenters. The molecule has 2 aliphatic rings. The fraction of sp³-hybridized carbons (Fsp3) is 0.429. The van der Waals surface area contributed by atoms with E-state index >= 15 is 0 Å². The summed E-state index contributed by atoms with van der Waals surface area (Å²) in [6, 6.07) is 9.37. The fourth-order valence-corrected chi connectivity index (χ4v) is 4.62. The van der Waals surface area contributed by atoms with Gasteiger partial charge in [-0.2, -0.15) is 0 Å². The Bertz CT molecular complexity index is 891. The molecule has 1 saturated carbocycles. The number of hydrogen-bond donors (Lipinski definition) is 1. The van der Waals surface area contributed by atoms with Crippen LogP contribution in [0.1, 0.15) is 35.4 Å². The summed E-state index contributed by atoms with van der Waals surface area (Å²) in [5.74, 6) is 2.12. The van der Waals surface area contributed by atoms with Crippen molar-refractivity contribution in [1.82, 2.24) is 10.2 Å². The molecule has 1 aliphatic heterocycles. The Morgan fingerprint density at radius 2 is 2.00 bits per heavy atom. The topological polar surface area (TPSA) is 62.6 Å². The van der Waals surface area contributed by atoms with Crippen LogP contribution in [0.4, 0.5) is 0 Å². The number of aryl methyl sites for hydroxylation is 1. The number of halogens is 1. The largest absolute Gasteiger partial charge is 0.460 e. The predicted octanol–water partition coefficient (Wildman–Crippen LogP) is 3.90. The normalized spacial score (nSPS) is 24.4. The highest BCUT2D eigenvalue weighted by atomic mass is 35.5. The van der Waals surface area contributed by atoms with E-state index < -0.39 is 0 Å². The third kappa shape index (κ3) is 3.36. The Hall–Kier alpha value is -2.27. The van der Waals surface area contributed by atoms with E-state index in [9.17, 15) is 9.59 Å². The number of amides is 2. The molecule has 1 saturated heterocycles. The summed E-state index contributed by atoms with van der Waals surface area (Å²) in [5, 5.41) is 3.53. The molecule has 1 aromatic heterocycles. The maximum absolute atomic E-state index is 13.1. The number of carbonyl (C=O) groups excluding carboxylic acids is 2. The molecule has 2 heterocycles. The van der Waals surface area contributed by atoms with Gasteiger partial charge in [-0.05, 0) is 49.8 Å². The van der Waals surface area contributed by atoms with Gasteiger partial charge in [0, 0.05) is 31.6 Å². The van der Waals surface area contributed by atoms with E-state index in [4.69, 9.17) is 16.0 Å². The number of piperidine rings is 1. The zero-order valence-corrected chi connectivity index (χ0v) is 16.3. The molecular formula is C21H23ClN2O3. The van der Waals surface area contributed by atoms with Crippen LogP contribution < -0.4 is 5.32 Å². The number of fused-ring (bicyclic) bond motifs is 1. The molecule has 0 bridgehead atoms. The van der Waals surface area contributed by atoms with Crippen molar-refractivity contribution in [1.29, 1.82) is 0 Å². The molecule has 1 N–H and O–H groups in total. The van der Waals surface area contributed by atoms with E-state index in [2.05, 4.69) is 5.32 Å². The quantitative estimate of drug-likeness (QED) is 0.870. The second-order valence-corrected chi connectivity index (χ2v) is 8.04. The number of hydrogen-bond acceptors (Lipinski definition) is 3.